The van der Waals surface area contributed by atoms with Crippen molar-refractivity contribution in [3.8, 4) is 11.1 Å². The van der Waals surface area contributed by atoms with Crippen molar-refractivity contribution in [3.05, 3.63) is 65.6 Å². The molecule has 6 rings (SSSR count). The molecule has 3 N–H and O–H groups in total. The number of benzene rings is 1. The number of aromatic nitrogens is 3. The minimum absolute atomic E-state index is 0.0622. The van der Waals surface area contributed by atoms with Crippen LogP contribution in [-0.4, -0.2) is 46.6 Å². The van der Waals surface area contributed by atoms with E-state index in [0.29, 0.717) is 12.1 Å². The lowest BCUT2D eigenvalue weighted by atomic mass is 9.92. The summed E-state index contributed by atoms with van der Waals surface area (Å²) in [7, 11) is 2.00. The summed E-state index contributed by atoms with van der Waals surface area (Å²) in [5, 5.41) is 10.9. The Kier molecular flexibility index (Phi) is 4.95. The van der Waals surface area contributed by atoms with Crippen molar-refractivity contribution < 1.29 is 4.79 Å². The molecule has 0 saturated carbocycles. The molecule has 1 saturated heterocycles. The third-order valence-electron chi connectivity index (χ3n) is 6.81. The number of carbonyl (C=O) groups is 1. The van der Waals surface area contributed by atoms with Gasteiger partial charge in [-0.25, -0.2) is 9.97 Å². The highest BCUT2D eigenvalue weighted by Crippen LogP contribution is 2.39. The van der Waals surface area contributed by atoms with Gasteiger partial charge in [-0.15, -0.1) is 0 Å². The molecule has 0 bridgehead atoms. The lowest BCUT2D eigenvalue weighted by Crippen LogP contribution is -2.43. The minimum Gasteiger partial charge on any atom is -0.368 e. The number of carbonyl (C=O) groups excluding carboxylic acids is 1. The number of nitrogens with zero attached hydrogens (tertiary/aromatic N) is 4. The van der Waals surface area contributed by atoms with Crippen LogP contribution in [0.1, 0.15) is 21.5 Å². The van der Waals surface area contributed by atoms with Gasteiger partial charge < -0.3 is 25.4 Å². The molecule has 0 unspecified atom stereocenters. The first-order valence-electron chi connectivity index (χ1n) is 11.6. The second-order valence-corrected chi connectivity index (χ2v) is 8.94. The molecule has 1 amide bonds. The average molecular weight is 454 g/mol. The molecule has 0 aliphatic carbocycles. The van der Waals surface area contributed by atoms with Crippen molar-refractivity contribution >= 4 is 34.1 Å². The van der Waals surface area contributed by atoms with Crippen LogP contribution in [0, 0.1) is 6.92 Å². The van der Waals surface area contributed by atoms with Crippen LogP contribution >= 0.6 is 0 Å². The molecular weight excluding hydrogens is 426 g/mol. The van der Waals surface area contributed by atoms with Crippen molar-refractivity contribution in [3.63, 3.8) is 0 Å². The minimum atomic E-state index is -0.0622. The van der Waals surface area contributed by atoms with Gasteiger partial charge in [-0.1, -0.05) is 6.07 Å². The number of anilines is 3. The van der Waals surface area contributed by atoms with E-state index in [1.165, 1.54) is 0 Å². The molecule has 3 aromatic heterocycles. The molecule has 5 heterocycles. The van der Waals surface area contributed by atoms with Gasteiger partial charge in [-0.3, -0.25) is 4.79 Å². The molecule has 8 heteroatoms. The second-order valence-electron chi connectivity index (χ2n) is 8.94. The standard InChI is InChI=1S/C26H27N7O/c1-16-13-29-25-19(7-10-32(25)2)23(16)18-4-5-21(24-20(18)15-30-26(24)34)31-22-6-3-17(14-28-22)33-11-8-27-9-12-33/h3-7,10,13-14,27H,8-9,11-12,15H2,1-2H3,(H,28,31)(H,30,34). The fourth-order valence-corrected chi connectivity index (χ4v) is 5.06. The lowest BCUT2D eigenvalue weighted by molar-refractivity contribution is 0.0966. The van der Waals surface area contributed by atoms with E-state index in [9.17, 15) is 4.79 Å². The highest BCUT2D eigenvalue weighted by atomic mass is 16.1. The number of piperazine rings is 1. The maximum Gasteiger partial charge on any atom is 0.254 e. The molecule has 1 fully saturated rings. The number of fused-ring (bicyclic) bond motifs is 2. The van der Waals surface area contributed by atoms with Gasteiger partial charge in [0.2, 0.25) is 0 Å². The summed E-state index contributed by atoms with van der Waals surface area (Å²) < 4.78 is 2.02. The fraction of sp³-hybridized carbons (Fsp3) is 0.269. The largest absolute Gasteiger partial charge is 0.368 e. The average Bonchev–Trinajstić information content (AvgIpc) is 3.44. The Labute approximate surface area is 198 Å². The Morgan fingerprint density at radius 3 is 2.65 bits per heavy atom. The van der Waals surface area contributed by atoms with E-state index < -0.39 is 0 Å². The molecule has 4 aromatic rings. The lowest BCUT2D eigenvalue weighted by Gasteiger charge is -2.29. The van der Waals surface area contributed by atoms with E-state index in [0.717, 1.165) is 76.7 Å². The first-order chi connectivity index (χ1) is 16.6. The van der Waals surface area contributed by atoms with E-state index in [1.807, 2.05) is 42.3 Å². The van der Waals surface area contributed by atoms with Crippen LogP contribution < -0.4 is 20.9 Å². The Balaban J connectivity index is 1.37. The summed E-state index contributed by atoms with van der Waals surface area (Å²) >= 11 is 0. The number of nitrogens with one attached hydrogen (secondary N) is 3. The number of hydrogen-bond donors (Lipinski definition) is 3. The Hall–Kier alpha value is -3.91. The maximum atomic E-state index is 12.9. The zero-order valence-corrected chi connectivity index (χ0v) is 19.4. The predicted octanol–water partition coefficient (Wildman–Crippen LogP) is 3.34. The van der Waals surface area contributed by atoms with Crippen molar-refractivity contribution in [2.24, 2.45) is 7.05 Å². The van der Waals surface area contributed by atoms with Crippen LogP contribution in [0.25, 0.3) is 22.2 Å². The van der Waals surface area contributed by atoms with E-state index in [1.54, 1.807) is 0 Å². The number of pyridine rings is 2. The highest BCUT2D eigenvalue weighted by Gasteiger charge is 2.27. The number of aryl methyl sites for hydroxylation is 2. The summed E-state index contributed by atoms with van der Waals surface area (Å²) in [6, 6.07) is 10.2. The van der Waals surface area contributed by atoms with Crippen LogP contribution in [0.15, 0.2) is 48.9 Å². The quantitative estimate of drug-likeness (QED) is 0.439. The normalized spacial score (nSPS) is 15.5. The van der Waals surface area contributed by atoms with E-state index >= 15 is 0 Å². The maximum absolute atomic E-state index is 12.9. The molecule has 1 aromatic carbocycles. The number of rotatable bonds is 4. The predicted molar refractivity (Wildman–Crippen MR) is 135 cm³/mol. The zero-order valence-electron chi connectivity index (χ0n) is 19.4. The molecule has 0 spiro atoms. The highest BCUT2D eigenvalue weighted by molar-refractivity contribution is 6.08. The van der Waals surface area contributed by atoms with Gasteiger partial charge in [0.15, 0.2) is 0 Å². The molecule has 34 heavy (non-hydrogen) atoms. The monoisotopic (exact) mass is 453 g/mol. The SMILES string of the molecule is Cc1cnc2c(ccn2C)c1-c1ccc(Nc2ccc(N3CCNCC3)cn2)c2c1CNC2=O. The summed E-state index contributed by atoms with van der Waals surface area (Å²) in [5.74, 6) is 0.659. The Morgan fingerprint density at radius 1 is 1.00 bits per heavy atom. The molecule has 2 aliphatic heterocycles. The molecule has 0 atom stereocenters. The topological polar surface area (TPSA) is 87.1 Å². The van der Waals surface area contributed by atoms with Gasteiger partial charge in [0, 0.05) is 57.6 Å². The van der Waals surface area contributed by atoms with E-state index in [4.69, 9.17) is 0 Å². The summed E-state index contributed by atoms with van der Waals surface area (Å²) in [4.78, 5) is 24.4. The van der Waals surface area contributed by atoms with Crippen LogP contribution in [0.3, 0.4) is 0 Å². The van der Waals surface area contributed by atoms with Gasteiger partial charge in [0.1, 0.15) is 11.5 Å². The third kappa shape index (κ3) is 3.38. The first-order valence-corrected chi connectivity index (χ1v) is 11.6. The first kappa shape index (κ1) is 20.7. The van der Waals surface area contributed by atoms with Crippen LogP contribution in [-0.2, 0) is 13.6 Å². The molecule has 2 aliphatic rings. The van der Waals surface area contributed by atoms with Crippen molar-refractivity contribution in [2.45, 2.75) is 13.5 Å². The van der Waals surface area contributed by atoms with Crippen molar-refractivity contribution in [1.82, 2.24) is 25.2 Å². The number of amides is 1. The van der Waals surface area contributed by atoms with E-state index in [2.05, 4.69) is 55.9 Å². The van der Waals surface area contributed by atoms with E-state index in [-0.39, 0.29) is 5.91 Å². The van der Waals surface area contributed by atoms with Crippen molar-refractivity contribution in [2.75, 3.05) is 36.4 Å². The van der Waals surface area contributed by atoms with Gasteiger partial charge in [-0.2, -0.15) is 0 Å². The van der Waals surface area contributed by atoms with Crippen molar-refractivity contribution in [1.29, 1.82) is 0 Å². The fourth-order valence-electron chi connectivity index (χ4n) is 5.06. The van der Waals surface area contributed by atoms with Gasteiger partial charge in [0.05, 0.1) is 23.1 Å². The molecule has 172 valence electrons. The van der Waals surface area contributed by atoms with Gasteiger partial charge in [0.25, 0.3) is 5.91 Å². The van der Waals surface area contributed by atoms with Crippen LogP contribution in [0.5, 0.6) is 0 Å². The Morgan fingerprint density at radius 2 is 1.85 bits per heavy atom. The summed E-state index contributed by atoms with van der Waals surface area (Å²) in [5.41, 5.74) is 7.80. The smallest absolute Gasteiger partial charge is 0.254 e. The van der Waals surface area contributed by atoms with Crippen LogP contribution in [0.4, 0.5) is 17.2 Å². The Bertz CT molecular complexity index is 1400. The molecular formula is C26H27N7O. The molecule has 8 nitrogen and oxygen atoms in total. The summed E-state index contributed by atoms with van der Waals surface area (Å²) in [6.07, 6.45) is 5.83. The summed E-state index contributed by atoms with van der Waals surface area (Å²) in [6.45, 7) is 6.50. The zero-order chi connectivity index (χ0) is 23.2. The molecule has 0 radical (unpaired) electrons. The van der Waals surface area contributed by atoms with Gasteiger partial charge in [-0.05, 0) is 53.4 Å². The van der Waals surface area contributed by atoms with Crippen LogP contribution in [0.2, 0.25) is 0 Å². The number of hydrogen-bond acceptors (Lipinski definition) is 6. The third-order valence-corrected chi connectivity index (χ3v) is 6.81. The van der Waals surface area contributed by atoms with Gasteiger partial charge >= 0.3 is 0 Å². The second kappa shape index (κ2) is 8.14.